The molecule has 0 bridgehead atoms. The summed E-state index contributed by atoms with van der Waals surface area (Å²) in [5, 5.41) is 11.9. The molecule has 0 unspecified atom stereocenters. The van der Waals surface area contributed by atoms with Crippen LogP contribution in [-0.4, -0.2) is 19.3 Å². The highest BCUT2D eigenvalue weighted by molar-refractivity contribution is 6.09. The molecular formula is C45H33N5. The van der Waals surface area contributed by atoms with Gasteiger partial charge in [0.15, 0.2) is 11.6 Å². The van der Waals surface area contributed by atoms with Gasteiger partial charge in [-0.15, -0.1) is 10.2 Å². The summed E-state index contributed by atoms with van der Waals surface area (Å²) >= 11 is 0. The van der Waals surface area contributed by atoms with E-state index in [4.69, 9.17) is 5.10 Å². The van der Waals surface area contributed by atoms with Crippen molar-refractivity contribution >= 4 is 38.9 Å². The van der Waals surface area contributed by atoms with Crippen molar-refractivity contribution in [3.63, 3.8) is 0 Å². The van der Waals surface area contributed by atoms with Gasteiger partial charge in [0.1, 0.15) is 0 Å². The Morgan fingerprint density at radius 1 is 0.380 bits per heavy atom. The number of fused-ring (bicyclic) bond motifs is 3. The van der Waals surface area contributed by atoms with Gasteiger partial charge in [-0.05, 0) is 91.9 Å². The number of hydrogen-bond donors (Lipinski definition) is 0. The maximum absolute atomic E-state index is 4.71. The molecule has 0 aliphatic carbocycles. The number of para-hydroxylation sites is 3. The molecule has 238 valence electrons. The fourth-order valence-electron chi connectivity index (χ4n) is 6.92. The predicted molar refractivity (Wildman–Crippen MR) is 206 cm³/mol. The molecule has 5 nitrogen and oxygen atoms in total. The van der Waals surface area contributed by atoms with E-state index in [9.17, 15) is 0 Å². The van der Waals surface area contributed by atoms with Gasteiger partial charge in [0.25, 0.3) is 0 Å². The van der Waals surface area contributed by atoms with E-state index in [2.05, 4.69) is 172 Å². The van der Waals surface area contributed by atoms with Gasteiger partial charge in [0, 0.05) is 50.3 Å². The maximum Gasteiger partial charge on any atom is 0.168 e. The van der Waals surface area contributed by atoms with Gasteiger partial charge in [-0.3, -0.25) is 4.57 Å². The van der Waals surface area contributed by atoms with E-state index in [1.165, 1.54) is 27.4 Å². The van der Waals surface area contributed by atoms with E-state index in [1.54, 1.807) is 0 Å². The number of benzene rings is 7. The lowest BCUT2D eigenvalue weighted by atomic mass is 10.1. The normalized spacial score (nSPS) is 11.3. The molecule has 2 heterocycles. The highest BCUT2D eigenvalue weighted by Gasteiger charge is 2.19. The van der Waals surface area contributed by atoms with Crippen LogP contribution in [0.1, 0.15) is 5.56 Å². The van der Waals surface area contributed by atoms with Crippen LogP contribution < -0.4 is 4.90 Å². The molecule has 0 fully saturated rings. The molecule has 0 amide bonds. The largest absolute Gasteiger partial charge is 0.311 e. The van der Waals surface area contributed by atoms with Crippen LogP contribution in [0.25, 0.3) is 56.0 Å². The molecule has 9 aromatic rings. The average Bonchev–Trinajstić information content (AvgIpc) is 3.77. The lowest BCUT2D eigenvalue weighted by Crippen LogP contribution is -2.10. The van der Waals surface area contributed by atoms with E-state index in [0.29, 0.717) is 0 Å². The third-order valence-corrected chi connectivity index (χ3v) is 9.33. The molecule has 7 aromatic carbocycles. The summed E-state index contributed by atoms with van der Waals surface area (Å²) in [6.07, 6.45) is 0. The zero-order valence-corrected chi connectivity index (χ0v) is 27.6. The molecule has 0 N–H and O–H groups in total. The molecule has 9 rings (SSSR count). The van der Waals surface area contributed by atoms with Crippen molar-refractivity contribution in [3.05, 3.63) is 188 Å². The molecule has 0 spiro atoms. The number of hydrogen-bond acceptors (Lipinski definition) is 3. The maximum atomic E-state index is 4.71. The first-order valence-electron chi connectivity index (χ1n) is 16.8. The fourth-order valence-corrected chi connectivity index (χ4v) is 6.92. The van der Waals surface area contributed by atoms with Gasteiger partial charge in [-0.1, -0.05) is 103 Å². The van der Waals surface area contributed by atoms with Gasteiger partial charge in [-0.25, -0.2) is 0 Å². The van der Waals surface area contributed by atoms with Crippen molar-refractivity contribution in [2.24, 2.45) is 0 Å². The smallest absolute Gasteiger partial charge is 0.168 e. The summed E-state index contributed by atoms with van der Waals surface area (Å²) in [5.41, 5.74) is 11.0. The quantitative estimate of drug-likeness (QED) is 0.173. The van der Waals surface area contributed by atoms with Crippen molar-refractivity contribution in [2.75, 3.05) is 4.90 Å². The molecule has 0 radical (unpaired) electrons. The number of aryl methyl sites for hydroxylation is 1. The molecule has 5 heteroatoms. The number of aromatic nitrogens is 4. The summed E-state index contributed by atoms with van der Waals surface area (Å²) in [4.78, 5) is 2.30. The molecule has 50 heavy (non-hydrogen) atoms. The Morgan fingerprint density at radius 2 is 0.800 bits per heavy atom. The third kappa shape index (κ3) is 5.13. The van der Waals surface area contributed by atoms with Crippen LogP contribution in [0.4, 0.5) is 17.1 Å². The highest BCUT2D eigenvalue weighted by Crippen LogP contribution is 2.38. The van der Waals surface area contributed by atoms with Crippen LogP contribution in [0.3, 0.4) is 0 Å². The Hall–Kier alpha value is -6.72. The first-order chi connectivity index (χ1) is 24.7. The Kier molecular flexibility index (Phi) is 7.29. The van der Waals surface area contributed by atoms with Gasteiger partial charge < -0.3 is 9.47 Å². The van der Waals surface area contributed by atoms with Crippen molar-refractivity contribution in [1.82, 2.24) is 19.3 Å². The van der Waals surface area contributed by atoms with Crippen molar-refractivity contribution in [2.45, 2.75) is 6.92 Å². The number of rotatable bonds is 7. The van der Waals surface area contributed by atoms with E-state index < -0.39 is 0 Å². The van der Waals surface area contributed by atoms with Crippen LogP contribution >= 0.6 is 0 Å². The molecule has 0 saturated heterocycles. The fraction of sp³-hybridized carbons (Fsp3) is 0.0222. The van der Waals surface area contributed by atoms with E-state index in [0.717, 1.165) is 51.2 Å². The summed E-state index contributed by atoms with van der Waals surface area (Å²) in [7, 11) is 0. The SMILES string of the molecule is Cc1ccc(N(c2ccc(-c3nnc(-c4ccccc4)n3-c3ccccc3)cc2)c2ccc(-n3c4ccccc4c4ccccc43)cc2)cc1. The summed E-state index contributed by atoms with van der Waals surface area (Å²) < 4.78 is 4.49. The van der Waals surface area contributed by atoms with Crippen molar-refractivity contribution < 1.29 is 0 Å². The van der Waals surface area contributed by atoms with Crippen LogP contribution in [0.2, 0.25) is 0 Å². The van der Waals surface area contributed by atoms with Gasteiger partial charge in [0.2, 0.25) is 0 Å². The van der Waals surface area contributed by atoms with Crippen molar-refractivity contribution in [3.8, 4) is 34.2 Å². The summed E-state index contributed by atoms with van der Waals surface area (Å²) in [6.45, 7) is 2.12. The average molecular weight is 644 g/mol. The molecule has 0 aliphatic heterocycles. The summed E-state index contributed by atoms with van der Waals surface area (Å²) in [6, 6.07) is 64.0. The van der Waals surface area contributed by atoms with E-state index in [-0.39, 0.29) is 0 Å². The zero-order valence-electron chi connectivity index (χ0n) is 27.6. The molecular weight excluding hydrogens is 611 g/mol. The van der Waals surface area contributed by atoms with Gasteiger partial charge >= 0.3 is 0 Å². The standard InChI is InChI=1S/C45H33N5/c1-32-20-24-36(25-21-32)48(38-28-30-39(31-29-38)49-42-18-10-8-16-40(42)41-17-9-11-19-43(41)49)37-26-22-34(23-27-37)45-47-46-44(33-12-4-2-5-13-33)50(45)35-14-6-3-7-15-35/h2-31H,1H3. The first-order valence-corrected chi connectivity index (χ1v) is 16.8. The first kappa shape index (κ1) is 29.4. The highest BCUT2D eigenvalue weighted by atomic mass is 15.3. The van der Waals surface area contributed by atoms with Gasteiger partial charge in [0.05, 0.1) is 11.0 Å². The topological polar surface area (TPSA) is 38.9 Å². The summed E-state index contributed by atoms with van der Waals surface area (Å²) in [5.74, 6) is 1.60. The van der Waals surface area contributed by atoms with Crippen LogP contribution in [0.15, 0.2) is 182 Å². The van der Waals surface area contributed by atoms with Crippen LogP contribution in [0, 0.1) is 6.92 Å². The molecule has 0 aliphatic rings. The van der Waals surface area contributed by atoms with E-state index >= 15 is 0 Å². The van der Waals surface area contributed by atoms with E-state index in [1.807, 2.05) is 36.4 Å². The number of anilines is 3. The minimum Gasteiger partial charge on any atom is -0.311 e. The Bertz CT molecular complexity index is 2510. The second kappa shape index (κ2) is 12.4. The van der Waals surface area contributed by atoms with Crippen molar-refractivity contribution in [1.29, 1.82) is 0 Å². The monoisotopic (exact) mass is 643 g/mol. The van der Waals surface area contributed by atoms with Crippen LogP contribution in [-0.2, 0) is 0 Å². The lowest BCUT2D eigenvalue weighted by molar-refractivity contribution is 1.07. The molecule has 0 saturated carbocycles. The predicted octanol–water partition coefficient (Wildman–Crippen LogP) is 11.5. The number of nitrogens with zero attached hydrogens (tertiary/aromatic N) is 5. The second-order valence-electron chi connectivity index (χ2n) is 12.5. The Labute approximate surface area is 291 Å². The Balaban J connectivity index is 1.12. The third-order valence-electron chi connectivity index (χ3n) is 9.33. The Morgan fingerprint density at radius 3 is 1.36 bits per heavy atom. The minimum absolute atomic E-state index is 0.791. The minimum atomic E-state index is 0.791. The van der Waals surface area contributed by atoms with Gasteiger partial charge in [-0.2, -0.15) is 0 Å². The zero-order chi connectivity index (χ0) is 33.4. The molecule has 0 atom stereocenters. The van der Waals surface area contributed by atoms with Crippen LogP contribution in [0.5, 0.6) is 0 Å². The lowest BCUT2D eigenvalue weighted by Gasteiger charge is -2.26. The molecule has 2 aromatic heterocycles. The second-order valence-corrected chi connectivity index (χ2v) is 12.5.